The van der Waals surface area contributed by atoms with E-state index in [9.17, 15) is 9.59 Å². The molecule has 1 amide bonds. The van der Waals surface area contributed by atoms with Gasteiger partial charge in [-0.15, -0.1) is 0 Å². The summed E-state index contributed by atoms with van der Waals surface area (Å²) < 4.78 is 0. The van der Waals surface area contributed by atoms with Crippen molar-refractivity contribution in [2.24, 2.45) is 0 Å². The van der Waals surface area contributed by atoms with Gasteiger partial charge < -0.3 is 10.3 Å². The number of benzene rings is 2. The lowest BCUT2D eigenvalue weighted by molar-refractivity contribution is 0.102. The Morgan fingerprint density at radius 1 is 1.14 bits per heavy atom. The lowest BCUT2D eigenvalue weighted by Gasteiger charge is -2.07. The summed E-state index contributed by atoms with van der Waals surface area (Å²) in [6, 6.07) is 16.7. The van der Waals surface area contributed by atoms with Gasteiger partial charge in [0.2, 0.25) is 0 Å². The van der Waals surface area contributed by atoms with Gasteiger partial charge in [0.1, 0.15) is 0 Å². The Kier molecular flexibility index (Phi) is 6.66. The number of hydrogen-bond donors (Lipinski definition) is 2. The molecule has 6 heteroatoms. The van der Waals surface area contributed by atoms with E-state index in [1.165, 1.54) is 11.8 Å². The second-order valence-electron chi connectivity index (χ2n) is 6.60. The van der Waals surface area contributed by atoms with Gasteiger partial charge in [-0.3, -0.25) is 9.59 Å². The fourth-order valence-electron chi connectivity index (χ4n) is 2.77. The summed E-state index contributed by atoms with van der Waals surface area (Å²) in [6.07, 6.45) is 1.74. The summed E-state index contributed by atoms with van der Waals surface area (Å²) in [4.78, 5) is 31.4. The fourth-order valence-corrected chi connectivity index (χ4v) is 3.62. The van der Waals surface area contributed by atoms with Crippen LogP contribution in [0.2, 0.25) is 0 Å². The van der Waals surface area contributed by atoms with Crippen LogP contribution in [0.5, 0.6) is 0 Å². The van der Waals surface area contributed by atoms with Crippen molar-refractivity contribution >= 4 is 23.4 Å². The van der Waals surface area contributed by atoms with E-state index >= 15 is 0 Å². The maximum Gasteiger partial charge on any atom is 0.255 e. The number of nitrogens with one attached hydrogen (secondary N) is 2. The maximum absolute atomic E-state index is 12.4. The van der Waals surface area contributed by atoms with Crippen molar-refractivity contribution in [1.82, 2.24) is 9.97 Å². The number of rotatable bonds is 7. The number of carbonyl (C=O) groups is 1. The third-order valence-corrected chi connectivity index (χ3v) is 5.09. The van der Waals surface area contributed by atoms with E-state index in [2.05, 4.69) is 22.2 Å². The Morgan fingerprint density at radius 2 is 1.93 bits per heavy atom. The molecule has 2 N–H and O–H groups in total. The first-order valence-corrected chi connectivity index (χ1v) is 10.2. The summed E-state index contributed by atoms with van der Waals surface area (Å²) in [7, 11) is 0. The average molecular weight is 394 g/mol. The van der Waals surface area contributed by atoms with E-state index in [1.54, 1.807) is 6.07 Å². The van der Waals surface area contributed by atoms with Gasteiger partial charge in [0.25, 0.3) is 11.5 Å². The minimum absolute atomic E-state index is 0.121. The molecule has 0 fully saturated rings. The van der Waals surface area contributed by atoms with Crippen LogP contribution in [-0.2, 0) is 12.2 Å². The number of aryl methyl sites for hydroxylation is 2. The molecule has 0 unspecified atom stereocenters. The van der Waals surface area contributed by atoms with Crippen LogP contribution >= 0.6 is 11.8 Å². The molecule has 3 aromatic rings. The standard InChI is InChI=1S/C22H23N3O2S/c1-3-5-18-13-20(26)25-22(24-18)28-14-16-8-10-17(11-9-16)21(27)23-19-7-4-6-15(2)12-19/h4,6-13H,3,5,14H2,1-2H3,(H,23,27)(H,24,25,26). The minimum Gasteiger partial charge on any atom is -0.322 e. The second kappa shape index (κ2) is 9.37. The SMILES string of the molecule is CCCc1cc(=O)[nH]c(SCc2ccc(C(=O)Nc3cccc(C)c3)cc2)n1. The summed E-state index contributed by atoms with van der Waals surface area (Å²) >= 11 is 1.48. The lowest BCUT2D eigenvalue weighted by Crippen LogP contribution is -2.11. The van der Waals surface area contributed by atoms with E-state index in [-0.39, 0.29) is 11.5 Å². The topological polar surface area (TPSA) is 74.8 Å². The number of H-pyrrole nitrogens is 1. The largest absolute Gasteiger partial charge is 0.322 e. The summed E-state index contributed by atoms with van der Waals surface area (Å²) in [5.74, 6) is 0.529. The molecule has 2 aromatic carbocycles. The molecule has 0 bridgehead atoms. The fraction of sp³-hybridized carbons (Fsp3) is 0.227. The maximum atomic E-state index is 12.4. The van der Waals surface area contributed by atoms with Crippen molar-refractivity contribution < 1.29 is 4.79 Å². The number of aromatic nitrogens is 2. The predicted molar refractivity (Wildman–Crippen MR) is 114 cm³/mol. The number of nitrogens with zero attached hydrogens (tertiary/aromatic N) is 1. The molecule has 0 saturated carbocycles. The molecule has 144 valence electrons. The Hall–Kier alpha value is -2.86. The Labute approximate surface area is 168 Å². The predicted octanol–water partition coefficient (Wildman–Crippen LogP) is 4.58. The third kappa shape index (κ3) is 5.57. The van der Waals surface area contributed by atoms with E-state index in [0.717, 1.165) is 35.3 Å². The molecule has 5 nitrogen and oxygen atoms in total. The molecular weight excluding hydrogens is 370 g/mol. The average Bonchev–Trinajstić information content (AvgIpc) is 2.67. The molecule has 0 aliphatic carbocycles. The zero-order valence-corrected chi connectivity index (χ0v) is 16.8. The quantitative estimate of drug-likeness (QED) is 0.455. The number of amides is 1. The molecule has 0 aliphatic rings. The first-order valence-electron chi connectivity index (χ1n) is 9.23. The van der Waals surface area contributed by atoms with Crippen LogP contribution in [0.25, 0.3) is 0 Å². The minimum atomic E-state index is -0.136. The number of anilines is 1. The Balaban J connectivity index is 1.61. The van der Waals surface area contributed by atoms with E-state index in [1.807, 2.05) is 55.5 Å². The number of hydrogen-bond acceptors (Lipinski definition) is 4. The Bertz CT molecular complexity index is 1010. The first kappa shape index (κ1) is 19.9. The Morgan fingerprint density at radius 3 is 2.64 bits per heavy atom. The van der Waals surface area contributed by atoms with Gasteiger partial charge in [0.05, 0.1) is 0 Å². The van der Waals surface area contributed by atoms with Crippen molar-refractivity contribution in [1.29, 1.82) is 0 Å². The van der Waals surface area contributed by atoms with Gasteiger partial charge in [-0.05, 0) is 48.7 Å². The molecule has 1 heterocycles. The van der Waals surface area contributed by atoms with Crippen LogP contribution in [0.1, 0.15) is 40.5 Å². The van der Waals surface area contributed by atoms with Crippen LogP contribution in [0, 0.1) is 6.92 Å². The molecule has 0 atom stereocenters. The molecule has 0 spiro atoms. The molecule has 1 aromatic heterocycles. The highest BCUT2D eigenvalue weighted by Crippen LogP contribution is 2.19. The van der Waals surface area contributed by atoms with Crippen LogP contribution in [0.3, 0.4) is 0 Å². The monoisotopic (exact) mass is 393 g/mol. The lowest BCUT2D eigenvalue weighted by atomic mass is 10.1. The highest BCUT2D eigenvalue weighted by molar-refractivity contribution is 7.98. The van der Waals surface area contributed by atoms with Crippen LogP contribution in [0.4, 0.5) is 5.69 Å². The smallest absolute Gasteiger partial charge is 0.255 e. The first-order chi connectivity index (χ1) is 13.5. The van der Waals surface area contributed by atoms with Gasteiger partial charge in [-0.25, -0.2) is 4.98 Å². The number of carbonyl (C=O) groups excluding carboxylic acids is 1. The summed E-state index contributed by atoms with van der Waals surface area (Å²) in [5, 5.41) is 3.53. The number of thioether (sulfide) groups is 1. The van der Waals surface area contributed by atoms with E-state index < -0.39 is 0 Å². The van der Waals surface area contributed by atoms with Crippen molar-refractivity contribution in [3.05, 3.63) is 87.3 Å². The highest BCUT2D eigenvalue weighted by Gasteiger charge is 2.07. The molecule has 3 rings (SSSR count). The van der Waals surface area contributed by atoms with Crippen molar-refractivity contribution in [2.75, 3.05) is 5.32 Å². The van der Waals surface area contributed by atoms with Gasteiger partial charge in [-0.1, -0.05) is 49.4 Å². The van der Waals surface area contributed by atoms with Gasteiger partial charge >= 0.3 is 0 Å². The molecule has 0 radical (unpaired) electrons. The molecule has 0 aliphatic heterocycles. The normalized spacial score (nSPS) is 10.6. The highest BCUT2D eigenvalue weighted by atomic mass is 32.2. The van der Waals surface area contributed by atoms with Crippen LogP contribution in [-0.4, -0.2) is 15.9 Å². The van der Waals surface area contributed by atoms with Gasteiger partial charge in [0.15, 0.2) is 5.16 Å². The van der Waals surface area contributed by atoms with Crippen molar-refractivity contribution in [2.45, 2.75) is 37.6 Å². The third-order valence-electron chi connectivity index (χ3n) is 4.15. The summed E-state index contributed by atoms with van der Waals surface area (Å²) in [5.41, 5.74) is 4.24. The van der Waals surface area contributed by atoms with Gasteiger partial charge in [0, 0.05) is 28.8 Å². The van der Waals surface area contributed by atoms with Crippen molar-refractivity contribution in [3.8, 4) is 0 Å². The second-order valence-corrected chi connectivity index (χ2v) is 7.57. The molecule has 28 heavy (non-hydrogen) atoms. The van der Waals surface area contributed by atoms with Gasteiger partial charge in [-0.2, -0.15) is 0 Å². The summed E-state index contributed by atoms with van der Waals surface area (Å²) in [6.45, 7) is 4.05. The number of aromatic amines is 1. The molecular formula is C22H23N3O2S. The molecule has 0 saturated heterocycles. The van der Waals surface area contributed by atoms with Crippen molar-refractivity contribution in [3.63, 3.8) is 0 Å². The zero-order chi connectivity index (χ0) is 19.9. The van der Waals surface area contributed by atoms with Crippen LogP contribution in [0.15, 0.2) is 64.5 Å². The van der Waals surface area contributed by atoms with E-state index in [4.69, 9.17) is 0 Å². The zero-order valence-electron chi connectivity index (χ0n) is 16.0. The van der Waals surface area contributed by atoms with Crippen LogP contribution < -0.4 is 10.9 Å². The van der Waals surface area contributed by atoms with E-state index in [0.29, 0.717) is 16.5 Å².